The molecule has 0 aromatic heterocycles. The molecule has 2 N–H and O–H groups in total. The van der Waals surface area contributed by atoms with Gasteiger partial charge in [0.15, 0.2) is 0 Å². The summed E-state index contributed by atoms with van der Waals surface area (Å²) in [5.74, 6) is -0.0266. The molecule has 3 heteroatoms. The Balaban J connectivity index is 2.48. The van der Waals surface area contributed by atoms with E-state index in [0.717, 1.165) is 18.7 Å². The number of anilines is 1. The smallest absolute Gasteiger partial charge is 0.221 e. The summed E-state index contributed by atoms with van der Waals surface area (Å²) in [6, 6.07) is 8.51. The highest BCUT2D eigenvalue weighted by Gasteiger charge is 2.03. The van der Waals surface area contributed by atoms with Gasteiger partial charge in [-0.1, -0.05) is 25.5 Å². The lowest BCUT2D eigenvalue weighted by atomic mass is 10.1. The predicted molar refractivity (Wildman–Crippen MR) is 76.8 cm³/mol. The molecule has 0 aliphatic rings. The number of nitrogens with one attached hydrogen (secondary N) is 2. The molecule has 100 valence electrons. The Bertz CT molecular complexity index is 377. The Hall–Kier alpha value is -1.35. The number of carbonyl (C=O) groups is 1. The van der Waals surface area contributed by atoms with Crippen molar-refractivity contribution in [1.29, 1.82) is 0 Å². The molecule has 1 aromatic rings. The third kappa shape index (κ3) is 5.82. The Labute approximate surface area is 110 Å². The van der Waals surface area contributed by atoms with Gasteiger partial charge in [-0.3, -0.25) is 4.79 Å². The van der Waals surface area contributed by atoms with E-state index >= 15 is 0 Å². The van der Waals surface area contributed by atoms with Gasteiger partial charge < -0.3 is 10.6 Å². The fourth-order valence-corrected chi connectivity index (χ4v) is 1.93. The van der Waals surface area contributed by atoms with Crippen molar-refractivity contribution >= 4 is 11.6 Å². The zero-order chi connectivity index (χ0) is 13.4. The first-order valence-corrected chi connectivity index (χ1v) is 6.71. The van der Waals surface area contributed by atoms with Crippen LogP contribution in [-0.2, 0) is 11.2 Å². The van der Waals surface area contributed by atoms with Crippen LogP contribution in [0.4, 0.5) is 5.69 Å². The van der Waals surface area contributed by atoms with Gasteiger partial charge in [-0.25, -0.2) is 0 Å². The van der Waals surface area contributed by atoms with Gasteiger partial charge in [0, 0.05) is 18.7 Å². The molecule has 1 rings (SSSR count). The van der Waals surface area contributed by atoms with E-state index in [1.54, 1.807) is 0 Å². The maximum atomic E-state index is 11.0. The summed E-state index contributed by atoms with van der Waals surface area (Å²) in [7, 11) is 0. The monoisotopic (exact) mass is 248 g/mol. The van der Waals surface area contributed by atoms with Crippen molar-refractivity contribution in [2.24, 2.45) is 0 Å². The van der Waals surface area contributed by atoms with E-state index in [4.69, 9.17) is 0 Å². The fraction of sp³-hybridized carbons (Fsp3) is 0.533. The normalized spacial score (nSPS) is 12.2. The number of hydrogen-bond donors (Lipinski definition) is 2. The highest BCUT2D eigenvalue weighted by molar-refractivity contribution is 5.88. The van der Waals surface area contributed by atoms with Crippen LogP contribution in [0.15, 0.2) is 24.3 Å². The number of benzene rings is 1. The molecule has 0 heterocycles. The Morgan fingerprint density at radius 1 is 1.39 bits per heavy atom. The highest BCUT2D eigenvalue weighted by Crippen LogP contribution is 2.12. The van der Waals surface area contributed by atoms with Crippen LogP contribution in [0.5, 0.6) is 0 Å². The minimum absolute atomic E-state index is 0.0266. The fourth-order valence-electron chi connectivity index (χ4n) is 1.93. The van der Waals surface area contributed by atoms with Crippen LogP contribution in [0.1, 0.15) is 39.2 Å². The molecule has 3 nitrogen and oxygen atoms in total. The average Bonchev–Trinajstić information content (AvgIpc) is 2.28. The van der Waals surface area contributed by atoms with Crippen LogP contribution in [0.2, 0.25) is 0 Å². The summed E-state index contributed by atoms with van der Waals surface area (Å²) in [6.45, 7) is 6.99. The minimum atomic E-state index is -0.0266. The first kappa shape index (κ1) is 14.7. The summed E-state index contributed by atoms with van der Waals surface area (Å²) >= 11 is 0. The molecule has 1 atom stereocenters. The topological polar surface area (TPSA) is 41.1 Å². The maximum Gasteiger partial charge on any atom is 0.221 e. The van der Waals surface area contributed by atoms with Crippen molar-refractivity contribution in [2.45, 2.75) is 46.1 Å². The van der Waals surface area contributed by atoms with Crippen LogP contribution in [-0.4, -0.2) is 18.5 Å². The van der Waals surface area contributed by atoms with Crippen LogP contribution in [0.25, 0.3) is 0 Å². The van der Waals surface area contributed by atoms with Crippen LogP contribution in [0, 0.1) is 0 Å². The summed E-state index contributed by atoms with van der Waals surface area (Å²) < 4.78 is 0. The SMILES string of the molecule is CCCCNC(C)Cc1cccc(NC(C)=O)c1. The molecule has 0 radical (unpaired) electrons. The molecule has 18 heavy (non-hydrogen) atoms. The lowest BCUT2D eigenvalue weighted by molar-refractivity contribution is -0.114. The second-order valence-electron chi connectivity index (χ2n) is 4.79. The lowest BCUT2D eigenvalue weighted by Gasteiger charge is -2.14. The summed E-state index contributed by atoms with van der Waals surface area (Å²) in [5.41, 5.74) is 2.12. The number of hydrogen-bond acceptors (Lipinski definition) is 2. The van der Waals surface area contributed by atoms with Crippen molar-refractivity contribution in [3.8, 4) is 0 Å². The van der Waals surface area contributed by atoms with Crippen molar-refractivity contribution in [2.75, 3.05) is 11.9 Å². The van der Waals surface area contributed by atoms with Gasteiger partial charge in [-0.2, -0.15) is 0 Å². The molecule has 0 saturated carbocycles. The van der Waals surface area contributed by atoms with Gasteiger partial charge in [0.2, 0.25) is 5.91 Å². The van der Waals surface area contributed by atoms with Crippen molar-refractivity contribution in [1.82, 2.24) is 5.32 Å². The van der Waals surface area contributed by atoms with Gasteiger partial charge in [0.1, 0.15) is 0 Å². The third-order valence-electron chi connectivity index (χ3n) is 2.81. The molecule has 0 aliphatic carbocycles. The van der Waals surface area contributed by atoms with Crippen molar-refractivity contribution < 1.29 is 4.79 Å². The zero-order valence-corrected chi connectivity index (χ0v) is 11.6. The van der Waals surface area contributed by atoms with Crippen LogP contribution >= 0.6 is 0 Å². The molecule has 0 aliphatic heterocycles. The van der Waals surface area contributed by atoms with E-state index < -0.39 is 0 Å². The Kier molecular flexibility index (Phi) is 6.44. The van der Waals surface area contributed by atoms with E-state index in [9.17, 15) is 4.79 Å². The van der Waals surface area contributed by atoms with Gasteiger partial charge in [0.25, 0.3) is 0 Å². The Morgan fingerprint density at radius 3 is 2.83 bits per heavy atom. The second kappa shape index (κ2) is 7.88. The average molecular weight is 248 g/mol. The second-order valence-corrected chi connectivity index (χ2v) is 4.79. The molecule has 0 fully saturated rings. The largest absolute Gasteiger partial charge is 0.326 e. The van der Waals surface area contributed by atoms with Crippen LogP contribution in [0.3, 0.4) is 0 Å². The van der Waals surface area contributed by atoms with E-state index in [0.29, 0.717) is 6.04 Å². The molecular formula is C15H24N2O. The third-order valence-corrected chi connectivity index (χ3v) is 2.81. The van der Waals surface area contributed by atoms with E-state index in [1.807, 2.05) is 18.2 Å². The van der Waals surface area contributed by atoms with E-state index in [1.165, 1.54) is 25.3 Å². The lowest BCUT2D eigenvalue weighted by Crippen LogP contribution is -2.28. The Morgan fingerprint density at radius 2 is 2.17 bits per heavy atom. The molecular weight excluding hydrogens is 224 g/mol. The quantitative estimate of drug-likeness (QED) is 0.728. The van der Waals surface area contributed by atoms with E-state index in [-0.39, 0.29) is 5.91 Å². The number of carbonyl (C=O) groups excluding carboxylic acids is 1. The predicted octanol–water partition coefficient (Wildman–Crippen LogP) is 2.97. The summed E-state index contributed by atoms with van der Waals surface area (Å²) in [6.07, 6.45) is 3.42. The van der Waals surface area contributed by atoms with E-state index in [2.05, 4.69) is 30.5 Å². The molecule has 0 spiro atoms. The standard InChI is InChI=1S/C15H24N2O/c1-4-5-9-16-12(2)10-14-7-6-8-15(11-14)17-13(3)18/h6-8,11-12,16H,4-5,9-10H2,1-3H3,(H,17,18). The molecule has 1 unspecified atom stereocenters. The van der Waals surface area contributed by atoms with Gasteiger partial charge in [-0.15, -0.1) is 0 Å². The molecule has 0 bridgehead atoms. The molecule has 0 saturated heterocycles. The first-order chi connectivity index (χ1) is 8.61. The number of amides is 1. The summed E-state index contributed by atoms with van der Waals surface area (Å²) in [4.78, 5) is 11.0. The molecule has 1 aromatic carbocycles. The highest BCUT2D eigenvalue weighted by atomic mass is 16.1. The maximum absolute atomic E-state index is 11.0. The number of unbranched alkanes of at least 4 members (excludes halogenated alkanes) is 1. The van der Waals surface area contributed by atoms with Crippen molar-refractivity contribution in [3.63, 3.8) is 0 Å². The van der Waals surface area contributed by atoms with Gasteiger partial charge in [-0.05, 0) is 44.0 Å². The number of rotatable bonds is 7. The molecule has 1 amide bonds. The minimum Gasteiger partial charge on any atom is -0.326 e. The first-order valence-electron chi connectivity index (χ1n) is 6.71. The summed E-state index contributed by atoms with van der Waals surface area (Å²) in [5, 5.41) is 6.32. The zero-order valence-electron chi connectivity index (χ0n) is 11.6. The van der Waals surface area contributed by atoms with Gasteiger partial charge >= 0.3 is 0 Å². The van der Waals surface area contributed by atoms with Crippen LogP contribution < -0.4 is 10.6 Å². The van der Waals surface area contributed by atoms with Crippen molar-refractivity contribution in [3.05, 3.63) is 29.8 Å². The van der Waals surface area contributed by atoms with Gasteiger partial charge in [0.05, 0.1) is 0 Å².